The molecule has 2 heterocycles. The summed E-state index contributed by atoms with van der Waals surface area (Å²) in [5.74, 6) is 0.328. The molecule has 0 radical (unpaired) electrons. The van der Waals surface area contributed by atoms with Crippen LogP contribution in [0, 0.1) is 0 Å². The normalized spacial score (nSPS) is 20.1. The summed E-state index contributed by atoms with van der Waals surface area (Å²) in [6.07, 6.45) is 2.75. The lowest BCUT2D eigenvalue weighted by Crippen LogP contribution is -2.34. The molecule has 0 spiro atoms. The van der Waals surface area contributed by atoms with Crippen LogP contribution in [0.4, 0.5) is 0 Å². The zero-order valence-electron chi connectivity index (χ0n) is 7.64. The topological polar surface area (TPSA) is 44.9 Å². The van der Waals surface area contributed by atoms with E-state index in [1.807, 2.05) is 12.1 Å². The van der Waals surface area contributed by atoms with Gasteiger partial charge in [0.25, 0.3) is 5.91 Å². The van der Waals surface area contributed by atoms with E-state index in [1.54, 1.807) is 0 Å². The summed E-state index contributed by atoms with van der Waals surface area (Å²) in [4.78, 5) is 14.6. The molecule has 4 heteroatoms. The van der Waals surface area contributed by atoms with Gasteiger partial charge in [0, 0.05) is 18.2 Å². The summed E-state index contributed by atoms with van der Waals surface area (Å²) in [7, 11) is 0. The minimum atomic E-state index is 0.00209. The van der Waals surface area contributed by atoms with Crippen LogP contribution in [0.25, 0.3) is 0 Å². The Labute approximate surface area is 90.7 Å². The van der Waals surface area contributed by atoms with Crippen molar-refractivity contribution in [3.8, 4) is 0 Å². The van der Waals surface area contributed by atoms with Gasteiger partial charge in [-0.3, -0.25) is 4.79 Å². The van der Waals surface area contributed by atoms with Crippen LogP contribution in [0.15, 0.2) is 23.3 Å². The molecule has 1 aliphatic heterocycles. The Bertz CT molecular complexity index is 383. The maximum atomic E-state index is 11.5. The van der Waals surface area contributed by atoms with E-state index in [1.165, 1.54) is 0 Å². The van der Waals surface area contributed by atoms with E-state index in [0.717, 1.165) is 22.3 Å². The molecule has 1 atom stereocenters. The molecule has 14 heavy (non-hydrogen) atoms. The highest BCUT2D eigenvalue weighted by Crippen LogP contribution is 2.28. The number of carbonyl (C=O) groups excluding carboxylic acids is 1. The lowest BCUT2D eigenvalue weighted by atomic mass is 9.95. The number of carbonyl (C=O) groups is 1. The molecule has 0 fully saturated rings. The highest BCUT2D eigenvalue weighted by molar-refractivity contribution is 9.10. The third-order valence-electron chi connectivity index (χ3n) is 2.43. The smallest absolute Gasteiger partial charge is 0.253 e. The predicted molar refractivity (Wildman–Crippen MR) is 58.4 cm³/mol. The Kier molecular flexibility index (Phi) is 2.46. The molecule has 1 aromatic heterocycles. The molecule has 3 nitrogen and oxygen atoms in total. The molecule has 1 aliphatic rings. The van der Waals surface area contributed by atoms with Gasteiger partial charge in [-0.15, -0.1) is 6.58 Å². The molecule has 0 aromatic carbocycles. The number of halogens is 1. The number of aromatic nitrogens is 1. The summed E-state index contributed by atoms with van der Waals surface area (Å²) >= 11 is 3.34. The molecule has 2 rings (SSSR count). The van der Waals surface area contributed by atoms with Gasteiger partial charge in [0.1, 0.15) is 0 Å². The number of fused-ring (bicyclic) bond motifs is 1. The number of nitrogens with one attached hydrogen (secondary N) is 2. The molecule has 0 bridgehead atoms. The van der Waals surface area contributed by atoms with Crippen molar-refractivity contribution in [2.24, 2.45) is 0 Å². The highest BCUT2D eigenvalue weighted by atomic mass is 79.9. The van der Waals surface area contributed by atoms with Crippen molar-refractivity contribution >= 4 is 21.8 Å². The second-order valence-electron chi connectivity index (χ2n) is 3.38. The van der Waals surface area contributed by atoms with Crippen LogP contribution in [0.5, 0.6) is 0 Å². The average molecular weight is 255 g/mol. The Morgan fingerprint density at radius 3 is 3.21 bits per heavy atom. The average Bonchev–Trinajstić information content (AvgIpc) is 2.53. The predicted octanol–water partition coefficient (Wildman–Crippen LogP) is 2.18. The fourth-order valence-electron chi connectivity index (χ4n) is 1.76. The van der Waals surface area contributed by atoms with Crippen LogP contribution in [0.3, 0.4) is 0 Å². The molecule has 0 aliphatic carbocycles. The molecular weight excluding hydrogens is 244 g/mol. The number of amides is 1. The second kappa shape index (κ2) is 3.61. The van der Waals surface area contributed by atoms with Crippen molar-refractivity contribution in [1.29, 1.82) is 0 Å². The monoisotopic (exact) mass is 254 g/mol. The molecule has 1 unspecified atom stereocenters. The minimum Gasteiger partial charge on any atom is -0.352 e. The summed E-state index contributed by atoms with van der Waals surface area (Å²) < 4.78 is 0.855. The number of allylic oxidation sites excluding steroid dienone is 1. The van der Waals surface area contributed by atoms with Crippen molar-refractivity contribution in [1.82, 2.24) is 10.3 Å². The Hall–Kier alpha value is -1.03. The van der Waals surface area contributed by atoms with Gasteiger partial charge in [-0.05, 0) is 28.4 Å². The standard InChI is InChI=1S/C10H11BrN2O/c1-2-3-6-5-12-10(14)7-4-8(11)13-9(6)7/h2,4,6,13H,1,3,5H2,(H,12,14). The largest absolute Gasteiger partial charge is 0.352 e. The summed E-state index contributed by atoms with van der Waals surface area (Å²) in [5.41, 5.74) is 1.76. The van der Waals surface area contributed by atoms with Crippen molar-refractivity contribution in [2.75, 3.05) is 6.54 Å². The minimum absolute atomic E-state index is 0.00209. The number of H-pyrrole nitrogens is 1. The quantitative estimate of drug-likeness (QED) is 0.781. The highest BCUT2D eigenvalue weighted by Gasteiger charge is 2.26. The van der Waals surface area contributed by atoms with E-state index in [9.17, 15) is 4.79 Å². The first-order chi connectivity index (χ1) is 6.72. The fourth-order valence-corrected chi connectivity index (χ4v) is 2.20. The van der Waals surface area contributed by atoms with Crippen LogP contribution in [-0.4, -0.2) is 17.4 Å². The first-order valence-corrected chi connectivity index (χ1v) is 5.29. The number of aromatic amines is 1. The van der Waals surface area contributed by atoms with Crippen molar-refractivity contribution < 1.29 is 4.79 Å². The van der Waals surface area contributed by atoms with Gasteiger partial charge in [-0.1, -0.05) is 6.08 Å². The third kappa shape index (κ3) is 1.50. The van der Waals surface area contributed by atoms with Gasteiger partial charge in [0.05, 0.1) is 10.2 Å². The van der Waals surface area contributed by atoms with E-state index in [0.29, 0.717) is 12.5 Å². The van der Waals surface area contributed by atoms with Gasteiger partial charge >= 0.3 is 0 Å². The van der Waals surface area contributed by atoms with Crippen molar-refractivity contribution in [2.45, 2.75) is 12.3 Å². The van der Waals surface area contributed by atoms with E-state index in [4.69, 9.17) is 0 Å². The number of hydrogen-bond donors (Lipinski definition) is 2. The van der Waals surface area contributed by atoms with Gasteiger partial charge in [0.15, 0.2) is 0 Å². The Morgan fingerprint density at radius 1 is 1.71 bits per heavy atom. The third-order valence-corrected chi connectivity index (χ3v) is 2.86. The zero-order valence-corrected chi connectivity index (χ0v) is 9.23. The van der Waals surface area contributed by atoms with Gasteiger partial charge in [0.2, 0.25) is 0 Å². The molecule has 2 N–H and O–H groups in total. The van der Waals surface area contributed by atoms with E-state index < -0.39 is 0 Å². The molecule has 1 aromatic rings. The number of rotatable bonds is 2. The lowest BCUT2D eigenvalue weighted by molar-refractivity contribution is 0.0940. The van der Waals surface area contributed by atoms with Gasteiger partial charge in [-0.25, -0.2) is 0 Å². The van der Waals surface area contributed by atoms with E-state index >= 15 is 0 Å². The van der Waals surface area contributed by atoms with E-state index in [2.05, 4.69) is 32.8 Å². The van der Waals surface area contributed by atoms with Gasteiger partial charge < -0.3 is 10.3 Å². The second-order valence-corrected chi connectivity index (χ2v) is 4.23. The molecule has 0 saturated heterocycles. The summed E-state index contributed by atoms with van der Waals surface area (Å²) in [6.45, 7) is 4.40. The summed E-state index contributed by atoms with van der Waals surface area (Å²) in [5, 5.41) is 2.86. The molecule has 1 amide bonds. The van der Waals surface area contributed by atoms with Crippen molar-refractivity contribution in [3.63, 3.8) is 0 Å². The van der Waals surface area contributed by atoms with E-state index in [-0.39, 0.29) is 5.91 Å². The molecular formula is C10H11BrN2O. The van der Waals surface area contributed by atoms with Crippen LogP contribution >= 0.6 is 15.9 Å². The van der Waals surface area contributed by atoms with Crippen LogP contribution in [-0.2, 0) is 0 Å². The fraction of sp³-hybridized carbons (Fsp3) is 0.300. The maximum absolute atomic E-state index is 11.5. The van der Waals surface area contributed by atoms with Crippen LogP contribution in [0.1, 0.15) is 28.4 Å². The number of hydrogen-bond acceptors (Lipinski definition) is 1. The molecule has 0 saturated carbocycles. The zero-order chi connectivity index (χ0) is 10.1. The SMILES string of the molecule is C=CCC1CNC(=O)c2cc(Br)[nH]c21. The Balaban J connectivity index is 2.40. The van der Waals surface area contributed by atoms with Gasteiger partial charge in [-0.2, -0.15) is 0 Å². The van der Waals surface area contributed by atoms with Crippen molar-refractivity contribution in [3.05, 3.63) is 34.6 Å². The first-order valence-electron chi connectivity index (χ1n) is 4.50. The van der Waals surface area contributed by atoms with Crippen LogP contribution in [0.2, 0.25) is 0 Å². The first kappa shape index (κ1) is 9.52. The summed E-state index contributed by atoms with van der Waals surface area (Å²) in [6, 6.07) is 1.82. The maximum Gasteiger partial charge on any atom is 0.253 e. The lowest BCUT2D eigenvalue weighted by Gasteiger charge is -2.21. The van der Waals surface area contributed by atoms with Crippen LogP contribution < -0.4 is 5.32 Å². The Morgan fingerprint density at radius 2 is 2.50 bits per heavy atom. The molecule has 74 valence electrons.